The van der Waals surface area contributed by atoms with E-state index < -0.39 is 30.5 Å². The average Bonchev–Trinajstić information content (AvgIpc) is 3.30. The van der Waals surface area contributed by atoms with Crippen molar-refractivity contribution in [3.05, 3.63) is 251 Å². The summed E-state index contributed by atoms with van der Waals surface area (Å²) in [7, 11) is -7.62. The molecule has 2 aliphatic rings. The molecule has 2 aliphatic heterocycles. The lowest BCUT2D eigenvalue weighted by Crippen LogP contribution is -2.35. The summed E-state index contributed by atoms with van der Waals surface area (Å²) in [4.78, 5) is 0.977. The molecule has 0 saturated carbocycles. The van der Waals surface area contributed by atoms with E-state index in [0.717, 1.165) is 33.4 Å². The third-order valence-corrected chi connectivity index (χ3v) is 15.4. The van der Waals surface area contributed by atoms with E-state index in [-0.39, 0.29) is 19.6 Å². The molecule has 6 heteroatoms. The zero-order valence-electron chi connectivity index (χ0n) is 32.1. The minimum atomic E-state index is -3.81. The van der Waals surface area contributed by atoms with Gasteiger partial charge in [-0.15, -0.1) is 0 Å². The van der Waals surface area contributed by atoms with Crippen molar-refractivity contribution in [2.24, 2.45) is 0 Å². The van der Waals surface area contributed by atoms with Crippen LogP contribution < -0.4 is 0 Å². The second-order valence-electron chi connectivity index (χ2n) is 14.9. The van der Waals surface area contributed by atoms with Gasteiger partial charge in [0.25, 0.3) is 0 Å². The fourth-order valence-corrected chi connectivity index (χ4v) is 12.4. The van der Waals surface area contributed by atoms with Crippen LogP contribution in [0.5, 0.6) is 0 Å². The smallest absolute Gasteiger partial charge is 0.207 e. The van der Waals surface area contributed by atoms with E-state index in [4.69, 9.17) is 0 Å². The highest BCUT2D eigenvalue weighted by atomic mass is 32.2. The molecule has 60 heavy (non-hydrogen) atoms. The maximum absolute atomic E-state index is 14.1. The van der Waals surface area contributed by atoms with Gasteiger partial charge in [-0.3, -0.25) is 0 Å². The molecule has 0 amide bonds. The first kappa shape index (κ1) is 37.1. The van der Waals surface area contributed by atoms with Gasteiger partial charge in [-0.25, -0.2) is 16.8 Å². The average molecular weight is 811 g/mol. The molecule has 0 spiro atoms. The van der Waals surface area contributed by atoms with Crippen LogP contribution in [0.4, 0.5) is 0 Å². The van der Waals surface area contributed by atoms with E-state index in [1.54, 1.807) is 48.5 Å². The van der Waals surface area contributed by atoms with Gasteiger partial charge in [0.05, 0.1) is 19.6 Å². The first-order valence-corrected chi connectivity index (χ1v) is 22.5. The van der Waals surface area contributed by atoms with Gasteiger partial charge >= 0.3 is 0 Å². The summed E-state index contributed by atoms with van der Waals surface area (Å²) >= 11 is 0. The lowest BCUT2D eigenvalue weighted by Gasteiger charge is -2.37. The van der Waals surface area contributed by atoms with Crippen molar-refractivity contribution in [1.29, 1.82) is 0 Å². The van der Waals surface area contributed by atoms with Crippen LogP contribution in [0.25, 0.3) is 11.1 Å². The summed E-state index contributed by atoms with van der Waals surface area (Å²) in [6.45, 7) is 0. The van der Waals surface area contributed by atoms with Crippen LogP contribution in [0.15, 0.2) is 226 Å². The van der Waals surface area contributed by atoms with E-state index >= 15 is 0 Å². The summed E-state index contributed by atoms with van der Waals surface area (Å²) in [6, 6.07) is 64.5. The highest BCUT2D eigenvalue weighted by Gasteiger charge is 2.48. The Morgan fingerprint density at radius 1 is 0.300 bits per heavy atom. The van der Waals surface area contributed by atoms with Gasteiger partial charge in [0.15, 0.2) is 0 Å². The van der Waals surface area contributed by atoms with Crippen molar-refractivity contribution < 1.29 is 16.8 Å². The summed E-state index contributed by atoms with van der Waals surface area (Å²) < 4.78 is 56.3. The second-order valence-corrected chi connectivity index (χ2v) is 18.7. The van der Waals surface area contributed by atoms with Crippen molar-refractivity contribution in [3.8, 4) is 34.8 Å². The molecule has 0 N–H and O–H groups in total. The quantitative estimate of drug-likeness (QED) is 0.167. The monoisotopic (exact) mass is 810 g/mol. The van der Waals surface area contributed by atoms with Crippen LogP contribution in [0.3, 0.4) is 0 Å². The van der Waals surface area contributed by atoms with Gasteiger partial charge in [-0.05, 0) is 93.0 Å². The van der Waals surface area contributed by atoms with Crippen molar-refractivity contribution in [3.63, 3.8) is 0 Å². The highest BCUT2D eigenvalue weighted by Crippen LogP contribution is 2.51. The maximum atomic E-state index is 14.1. The Morgan fingerprint density at radius 3 is 0.867 bits per heavy atom. The van der Waals surface area contributed by atoms with Gasteiger partial charge in [-0.2, -0.15) is 0 Å². The van der Waals surface area contributed by atoms with Crippen molar-refractivity contribution in [2.45, 2.75) is 30.4 Å². The molecular weight excluding hydrogens is 777 g/mol. The normalized spacial score (nSPS) is 15.5. The Hall–Kier alpha value is -7.22. The topological polar surface area (TPSA) is 68.3 Å². The number of rotatable bonds is 3. The molecule has 0 saturated heterocycles. The fraction of sp³-hybridized carbons (Fsp3) is 0.0370. The number of benzene rings is 8. The summed E-state index contributed by atoms with van der Waals surface area (Å²) in [6.07, 6.45) is 0. The highest BCUT2D eigenvalue weighted by molar-refractivity contribution is 7.92. The molecule has 0 unspecified atom stereocenters. The van der Waals surface area contributed by atoms with Gasteiger partial charge in [0.2, 0.25) is 19.7 Å². The molecule has 2 heterocycles. The first-order valence-electron chi connectivity index (χ1n) is 19.5. The van der Waals surface area contributed by atoms with E-state index in [0.29, 0.717) is 22.3 Å². The Labute approximate surface area is 350 Å². The number of sulfone groups is 2. The Morgan fingerprint density at radius 2 is 0.567 bits per heavy atom. The Kier molecular flexibility index (Phi) is 8.81. The zero-order valence-corrected chi connectivity index (χ0v) is 33.7. The summed E-state index contributed by atoms with van der Waals surface area (Å²) in [5.41, 5.74) is 5.47. The number of hydrogen-bond donors (Lipinski definition) is 0. The van der Waals surface area contributed by atoms with Crippen molar-refractivity contribution in [1.82, 2.24) is 0 Å². The standard InChI is InChI=1S/C54H34O4S2/c55-59(56)49-23-11-7-19-45(49)53(46-20-8-12-24-50(46)59,37-35-39-15-3-1-4-16-39)43-31-27-41(28-32-43)42-29-33-44(34-30-42)54(38-36-40-17-5-2-6-18-40)47-21-9-13-25-51(47)60(57,58)52-26-14-10-22-48(52)54/h1-34H. The number of hydrogen-bond acceptors (Lipinski definition) is 4. The van der Waals surface area contributed by atoms with Gasteiger partial charge in [0, 0.05) is 11.1 Å². The van der Waals surface area contributed by atoms with Crippen LogP contribution in [0.2, 0.25) is 0 Å². The second kappa shape index (κ2) is 14.3. The molecule has 8 aromatic rings. The molecule has 0 atom stereocenters. The maximum Gasteiger partial charge on any atom is 0.207 e. The third-order valence-electron chi connectivity index (χ3n) is 11.6. The predicted molar refractivity (Wildman–Crippen MR) is 235 cm³/mol. The van der Waals surface area contributed by atoms with Crippen LogP contribution in [0, 0.1) is 23.7 Å². The minimum absolute atomic E-state index is 0.244. The SMILES string of the molecule is O=S1(=O)c2ccccc2C(C#Cc2ccccc2)(c2ccc(-c3ccc(C4(C#Cc5ccccc5)c5ccccc5S(=O)(=O)c5ccccc54)cc3)cc2)c2ccccc21. The molecule has 8 aromatic carbocycles. The van der Waals surface area contributed by atoms with Gasteiger partial charge in [0.1, 0.15) is 10.8 Å². The van der Waals surface area contributed by atoms with Crippen LogP contribution in [-0.4, -0.2) is 16.8 Å². The molecular formula is C54H34O4S2. The predicted octanol–water partition coefficient (Wildman–Crippen LogP) is 10.4. The molecule has 0 fully saturated rings. The largest absolute Gasteiger partial charge is 0.218 e. The number of fused-ring (bicyclic) bond motifs is 4. The van der Waals surface area contributed by atoms with Crippen molar-refractivity contribution in [2.75, 3.05) is 0 Å². The Balaban J connectivity index is 1.13. The van der Waals surface area contributed by atoms with E-state index in [1.165, 1.54) is 0 Å². The van der Waals surface area contributed by atoms with Crippen molar-refractivity contribution >= 4 is 19.7 Å². The lowest BCUT2D eigenvalue weighted by molar-refractivity contribution is 0.581. The first-order chi connectivity index (χ1) is 29.2. The molecule has 4 nitrogen and oxygen atoms in total. The molecule has 10 rings (SSSR count). The summed E-state index contributed by atoms with van der Waals surface area (Å²) in [5.74, 6) is 14.0. The zero-order chi connectivity index (χ0) is 41.0. The third kappa shape index (κ3) is 5.68. The molecule has 0 aromatic heterocycles. The van der Waals surface area contributed by atoms with Crippen LogP contribution in [-0.2, 0) is 30.5 Å². The fourth-order valence-electron chi connectivity index (χ4n) is 8.81. The lowest BCUT2D eigenvalue weighted by atomic mass is 9.69. The van der Waals surface area contributed by atoms with E-state index in [2.05, 4.69) is 23.7 Å². The molecule has 286 valence electrons. The molecule has 0 bridgehead atoms. The van der Waals surface area contributed by atoms with Gasteiger partial charge < -0.3 is 0 Å². The Bertz CT molecular complexity index is 3000. The van der Waals surface area contributed by atoms with Gasteiger partial charge in [-0.1, -0.05) is 181 Å². The van der Waals surface area contributed by atoms with E-state index in [9.17, 15) is 16.8 Å². The molecule has 0 radical (unpaired) electrons. The summed E-state index contributed by atoms with van der Waals surface area (Å²) in [5, 5.41) is 0. The van der Waals surface area contributed by atoms with Crippen LogP contribution in [0.1, 0.15) is 44.5 Å². The van der Waals surface area contributed by atoms with Crippen LogP contribution >= 0.6 is 0 Å². The molecule has 0 aliphatic carbocycles. The minimum Gasteiger partial charge on any atom is -0.218 e. The van der Waals surface area contributed by atoms with E-state index in [1.807, 2.05) is 158 Å².